The lowest BCUT2D eigenvalue weighted by molar-refractivity contribution is -0.156. The molecule has 17 heavy (non-hydrogen) atoms. The van der Waals surface area contributed by atoms with Crippen LogP contribution in [0, 0.1) is 11.3 Å². The third-order valence-corrected chi connectivity index (χ3v) is 3.80. The monoisotopic (exact) mass is 240 g/mol. The normalized spacial score (nSPS) is 32.5. The molecule has 0 unspecified atom stereocenters. The highest BCUT2D eigenvalue weighted by molar-refractivity contribution is 6.23. The Balaban J connectivity index is 2.66. The third kappa shape index (κ3) is 3.22. The van der Waals surface area contributed by atoms with Crippen LogP contribution in [0.25, 0.3) is 0 Å². The molecule has 1 aliphatic carbocycles. The quantitative estimate of drug-likeness (QED) is 0.564. The first kappa shape index (κ1) is 14.5. The van der Waals surface area contributed by atoms with E-state index in [2.05, 4.69) is 12.2 Å². The number of hydrogen-bond donors (Lipinski definition) is 1. The second-order valence-electron chi connectivity index (χ2n) is 4.90. The summed E-state index contributed by atoms with van der Waals surface area (Å²) in [6.07, 6.45) is 2.80. The van der Waals surface area contributed by atoms with Crippen molar-refractivity contribution in [1.29, 1.82) is 0 Å². The van der Waals surface area contributed by atoms with Gasteiger partial charge in [0.25, 0.3) is 0 Å². The van der Waals surface area contributed by atoms with Gasteiger partial charge in [0.2, 0.25) is 0 Å². The average molecular weight is 240 g/mol. The molecular formula is C12H23BNO3. The number of carbonyl (C=O) groups excluding carboxylic acids is 1. The predicted octanol–water partition coefficient (Wildman–Crippen LogP) is 1.51. The zero-order chi connectivity index (χ0) is 12.9. The van der Waals surface area contributed by atoms with E-state index in [1.807, 2.05) is 13.8 Å². The van der Waals surface area contributed by atoms with Crippen molar-refractivity contribution in [1.82, 2.24) is 5.23 Å². The molecule has 0 heterocycles. The Morgan fingerprint density at radius 3 is 2.76 bits per heavy atom. The van der Waals surface area contributed by atoms with Crippen molar-refractivity contribution >= 4 is 13.6 Å². The van der Waals surface area contributed by atoms with E-state index < -0.39 is 0 Å². The van der Waals surface area contributed by atoms with Crippen molar-refractivity contribution in [3.63, 3.8) is 0 Å². The van der Waals surface area contributed by atoms with Gasteiger partial charge in [0.05, 0.1) is 12.0 Å². The van der Waals surface area contributed by atoms with E-state index in [1.165, 1.54) is 0 Å². The van der Waals surface area contributed by atoms with Crippen LogP contribution < -0.4 is 5.23 Å². The maximum atomic E-state index is 12.1. The highest BCUT2D eigenvalue weighted by Crippen LogP contribution is 2.45. The van der Waals surface area contributed by atoms with E-state index in [0.717, 1.165) is 19.3 Å². The smallest absolute Gasteiger partial charge is 0.395 e. The Kier molecular flexibility index (Phi) is 5.47. The molecule has 0 aromatic rings. The second-order valence-corrected chi connectivity index (χ2v) is 4.90. The lowest BCUT2D eigenvalue weighted by Crippen LogP contribution is -2.35. The number of hydrogen-bond acceptors (Lipinski definition) is 4. The van der Waals surface area contributed by atoms with Crippen molar-refractivity contribution in [3.05, 3.63) is 0 Å². The molecule has 0 amide bonds. The van der Waals surface area contributed by atoms with Crippen molar-refractivity contribution in [2.45, 2.75) is 46.1 Å². The summed E-state index contributed by atoms with van der Waals surface area (Å²) in [7, 11) is 3.21. The highest BCUT2D eigenvalue weighted by atomic mass is 16.5. The molecule has 0 bridgehead atoms. The summed E-state index contributed by atoms with van der Waals surface area (Å²) in [6.45, 7) is 6.46. The molecule has 0 aromatic carbocycles. The van der Waals surface area contributed by atoms with Gasteiger partial charge in [-0.05, 0) is 38.6 Å². The van der Waals surface area contributed by atoms with E-state index in [4.69, 9.17) is 9.39 Å². The first-order valence-electron chi connectivity index (χ1n) is 6.36. The van der Waals surface area contributed by atoms with Crippen LogP contribution in [0.15, 0.2) is 0 Å². The minimum Gasteiger partial charge on any atom is -0.466 e. The SMILES string of the molecule is CCOC(=O)[C@]1(C)C[C@@H](N[B]OC)C[C@H]1CC. The van der Waals surface area contributed by atoms with Gasteiger partial charge in [0.15, 0.2) is 0 Å². The largest absolute Gasteiger partial charge is 0.466 e. The number of ether oxygens (including phenoxy) is 1. The van der Waals surface area contributed by atoms with Gasteiger partial charge >= 0.3 is 13.6 Å². The van der Waals surface area contributed by atoms with Crippen molar-refractivity contribution in [3.8, 4) is 0 Å². The summed E-state index contributed by atoms with van der Waals surface area (Å²) in [6, 6.07) is 0.300. The van der Waals surface area contributed by atoms with Crippen LogP contribution in [0.2, 0.25) is 0 Å². The van der Waals surface area contributed by atoms with Crippen molar-refractivity contribution in [2.75, 3.05) is 13.7 Å². The maximum absolute atomic E-state index is 12.1. The number of carbonyl (C=O) groups is 1. The van der Waals surface area contributed by atoms with Gasteiger partial charge in [-0.1, -0.05) is 13.3 Å². The molecule has 1 aliphatic rings. The van der Waals surface area contributed by atoms with Gasteiger partial charge in [-0.15, -0.1) is 0 Å². The number of esters is 1. The summed E-state index contributed by atoms with van der Waals surface area (Å²) in [5.74, 6) is 0.317. The molecule has 0 aromatic heterocycles. The van der Waals surface area contributed by atoms with Gasteiger partial charge in [-0.25, -0.2) is 0 Å². The zero-order valence-corrected chi connectivity index (χ0v) is 11.3. The molecular weight excluding hydrogens is 217 g/mol. The Morgan fingerprint density at radius 2 is 2.24 bits per heavy atom. The molecule has 0 aliphatic heterocycles. The van der Waals surface area contributed by atoms with Gasteiger partial charge in [-0.3, -0.25) is 4.79 Å². The summed E-state index contributed by atoms with van der Waals surface area (Å²) in [5, 5.41) is 3.19. The standard InChI is InChI=1S/C12H23BNO3/c1-5-9-7-10(14-13-16-4)8-12(9,3)11(15)17-6-2/h9-10,14H,5-8H2,1-4H3/t9-,10+,12-/m1/s1. The molecule has 0 spiro atoms. The lowest BCUT2D eigenvalue weighted by Gasteiger charge is -2.28. The van der Waals surface area contributed by atoms with E-state index >= 15 is 0 Å². The van der Waals surface area contributed by atoms with E-state index in [-0.39, 0.29) is 11.4 Å². The predicted molar refractivity (Wildman–Crippen MR) is 67.4 cm³/mol. The molecule has 1 saturated carbocycles. The number of nitrogens with one attached hydrogen (secondary N) is 1. The Hall–Kier alpha value is -0.545. The number of rotatable bonds is 6. The second kappa shape index (κ2) is 6.40. The average Bonchev–Trinajstić information content (AvgIpc) is 2.65. The van der Waals surface area contributed by atoms with Crippen molar-refractivity contribution in [2.24, 2.45) is 11.3 Å². The first-order valence-corrected chi connectivity index (χ1v) is 6.36. The van der Waals surface area contributed by atoms with Crippen LogP contribution in [0.3, 0.4) is 0 Å². The minimum absolute atomic E-state index is 0.0615. The molecule has 0 saturated heterocycles. The lowest BCUT2D eigenvalue weighted by atomic mass is 9.78. The fourth-order valence-electron chi connectivity index (χ4n) is 2.82. The molecule has 1 radical (unpaired) electrons. The molecule has 1 N–H and O–H groups in total. The van der Waals surface area contributed by atoms with E-state index in [0.29, 0.717) is 18.6 Å². The van der Waals surface area contributed by atoms with Crippen LogP contribution in [0.4, 0.5) is 0 Å². The van der Waals surface area contributed by atoms with Crippen LogP contribution >= 0.6 is 0 Å². The first-order chi connectivity index (χ1) is 8.08. The highest BCUT2D eigenvalue weighted by Gasteiger charge is 2.49. The van der Waals surface area contributed by atoms with Crippen LogP contribution in [0.5, 0.6) is 0 Å². The molecule has 1 rings (SSSR count). The third-order valence-electron chi connectivity index (χ3n) is 3.80. The van der Waals surface area contributed by atoms with E-state index in [1.54, 1.807) is 14.7 Å². The van der Waals surface area contributed by atoms with Crippen LogP contribution in [0.1, 0.15) is 40.0 Å². The van der Waals surface area contributed by atoms with Gasteiger partial charge < -0.3 is 14.6 Å². The fraction of sp³-hybridized carbons (Fsp3) is 0.917. The Morgan fingerprint density at radius 1 is 1.53 bits per heavy atom. The molecule has 1 fully saturated rings. The van der Waals surface area contributed by atoms with E-state index in [9.17, 15) is 4.79 Å². The molecule has 4 nitrogen and oxygen atoms in total. The fourth-order valence-corrected chi connectivity index (χ4v) is 2.82. The molecule has 3 atom stereocenters. The summed E-state index contributed by atoms with van der Waals surface area (Å²) < 4.78 is 10.1. The Bertz CT molecular complexity index is 262. The van der Waals surface area contributed by atoms with Crippen LogP contribution in [-0.2, 0) is 14.2 Å². The van der Waals surface area contributed by atoms with Gasteiger partial charge in [-0.2, -0.15) is 0 Å². The zero-order valence-electron chi connectivity index (χ0n) is 11.3. The van der Waals surface area contributed by atoms with Gasteiger partial charge in [0.1, 0.15) is 0 Å². The van der Waals surface area contributed by atoms with Crippen LogP contribution in [-0.4, -0.2) is 33.3 Å². The Labute approximate surface area is 105 Å². The minimum atomic E-state index is -0.357. The van der Waals surface area contributed by atoms with Crippen molar-refractivity contribution < 1.29 is 14.2 Å². The summed E-state index contributed by atoms with van der Waals surface area (Å²) >= 11 is 0. The molecule has 97 valence electrons. The topological polar surface area (TPSA) is 47.6 Å². The maximum Gasteiger partial charge on any atom is 0.395 e. The molecule has 5 heteroatoms. The van der Waals surface area contributed by atoms with Gasteiger partial charge in [0, 0.05) is 7.11 Å². The summed E-state index contributed by atoms with van der Waals surface area (Å²) in [4.78, 5) is 12.1. The summed E-state index contributed by atoms with van der Waals surface area (Å²) in [5.41, 5.74) is -0.357.